The molecule has 0 radical (unpaired) electrons. The van der Waals surface area contributed by atoms with Gasteiger partial charge < -0.3 is 19.9 Å². The monoisotopic (exact) mass is 465 g/mol. The maximum absolute atomic E-state index is 14.4. The van der Waals surface area contributed by atoms with Crippen LogP contribution in [0.2, 0.25) is 0 Å². The molecule has 0 aliphatic carbocycles. The van der Waals surface area contributed by atoms with Crippen molar-refractivity contribution in [3.8, 4) is 0 Å². The molecule has 0 fully saturated rings. The van der Waals surface area contributed by atoms with Crippen molar-refractivity contribution in [1.29, 1.82) is 0 Å². The van der Waals surface area contributed by atoms with Gasteiger partial charge in [-0.3, -0.25) is 9.59 Å². The summed E-state index contributed by atoms with van der Waals surface area (Å²) in [5, 5.41) is 2.89. The summed E-state index contributed by atoms with van der Waals surface area (Å²) < 4.78 is 33.1. The number of thiophene rings is 1. The van der Waals surface area contributed by atoms with Gasteiger partial charge in [0, 0.05) is 26.7 Å². The highest BCUT2D eigenvalue weighted by Crippen LogP contribution is 2.35. The zero-order valence-corrected chi connectivity index (χ0v) is 19.2. The zero-order valence-electron chi connectivity index (χ0n) is 18.4. The van der Waals surface area contributed by atoms with Gasteiger partial charge in [0.1, 0.15) is 16.6 Å². The molecule has 1 aliphatic rings. The minimum absolute atomic E-state index is 0.127. The maximum Gasteiger partial charge on any atom is 0.341 e. The average Bonchev–Trinajstić information content (AvgIpc) is 3.02. The third-order valence-electron chi connectivity index (χ3n) is 5.11. The molecule has 2 amide bonds. The van der Waals surface area contributed by atoms with Crippen LogP contribution in [0.1, 0.15) is 44.5 Å². The second-order valence-corrected chi connectivity index (χ2v) is 8.67. The molecular formula is C22H25F2N3O4S. The van der Waals surface area contributed by atoms with Crippen LogP contribution in [0.15, 0.2) is 12.1 Å². The summed E-state index contributed by atoms with van der Waals surface area (Å²) >= 11 is 0.992. The van der Waals surface area contributed by atoms with E-state index in [9.17, 15) is 23.2 Å². The molecule has 1 aliphatic heterocycles. The van der Waals surface area contributed by atoms with E-state index >= 15 is 0 Å². The Morgan fingerprint density at radius 3 is 2.62 bits per heavy atom. The molecule has 7 nitrogen and oxygen atoms in total. The first-order valence-electron chi connectivity index (χ1n) is 10.2. The fraction of sp³-hybridized carbons (Fsp3) is 0.409. The van der Waals surface area contributed by atoms with Crippen molar-refractivity contribution in [1.82, 2.24) is 4.90 Å². The Bertz CT molecular complexity index is 1070. The van der Waals surface area contributed by atoms with Gasteiger partial charge in [-0.25, -0.2) is 13.6 Å². The Balaban J connectivity index is 1.88. The number of aryl methyl sites for hydroxylation is 1. The van der Waals surface area contributed by atoms with Crippen LogP contribution in [-0.4, -0.2) is 56.5 Å². The molecule has 2 heterocycles. The highest BCUT2D eigenvalue weighted by Gasteiger charge is 2.29. The highest BCUT2D eigenvalue weighted by molar-refractivity contribution is 7.18. The van der Waals surface area contributed by atoms with E-state index in [4.69, 9.17) is 4.74 Å². The van der Waals surface area contributed by atoms with E-state index in [2.05, 4.69) is 5.32 Å². The van der Waals surface area contributed by atoms with E-state index < -0.39 is 23.5 Å². The van der Waals surface area contributed by atoms with Crippen molar-refractivity contribution in [3.63, 3.8) is 0 Å². The number of nitrogens with one attached hydrogen (secondary N) is 1. The van der Waals surface area contributed by atoms with Gasteiger partial charge in [0.15, 0.2) is 0 Å². The van der Waals surface area contributed by atoms with Gasteiger partial charge in [-0.05, 0) is 43.9 Å². The quantitative estimate of drug-likeness (QED) is 0.660. The second kappa shape index (κ2) is 9.64. The molecule has 0 bridgehead atoms. The first-order chi connectivity index (χ1) is 15.1. The highest BCUT2D eigenvalue weighted by atomic mass is 32.1. The minimum atomic E-state index is -0.717. The number of fused-ring (bicyclic) bond motifs is 1. The Hall–Kier alpha value is -3.01. The van der Waals surface area contributed by atoms with Crippen LogP contribution < -0.4 is 10.2 Å². The van der Waals surface area contributed by atoms with Gasteiger partial charge in [-0.1, -0.05) is 0 Å². The summed E-state index contributed by atoms with van der Waals surface area (Å²) in [6.45, 7) is 3.67. The van der Waals surface area contributed by atoms with Crippen LogP contribution in [0.3, 0.4) is 0 Å². The summed E-state index contributed by atoms with van der Waals surface area (Å²) in [5.41, 5.74) is 1.28. The fourth-order valence-corrected chi connectivity index (χ4v) is 4.92. The lowest BCUT2D eigenvalue weighted by Gasteiger charge is -2.31. The van der Waals surface area contributed by atoms with E-state index in [1.807, 2.05) is 0 Å². The van der Waals surface area contributed by atoms with Gasteiger partial charge >= 0.3 is 5.97 Å². The Morgan fingerprint density at radius 2 is 1.97 bits per heavy atom. The van der Waals surface area contributed by atoms with Gasteiger partial charge in [0.25, 0.3) is 5.91 Å². The summed E-state index contributed by atoms with van der Waals surface area (Å²) in [6, 6.07) is 2.08. The van der Waals surface area contributed by atoms with Crippen LogP contribution in [0.25, 0.3) is 0 Å². The Labute approximate surface area is 189 Å². The number of amides is 2. The first-order valence-corrected chi connectivity index (χ1v) is 11.0. The number of benzene rings is 1. The predicted molar refractivity (Wildman–Crippen MR) is 119 cm³/mol. The molecule has 172 valence electrons. The van der Waals surface area contributed by atoms with E-state index in [0.717, 1.165) is 17.4 Å². The van der Waals surface area contributed by atoms with E-state index in [1.54, 1.807) is 32.8 Å². The number of carbonyl (C=O) groups excluding carboxylic acids is 3. The second-order valence-electron chi connectivity index (χ2n) is 7.65. The lowest BCUT2D eigenvalue weighted by Crippen LogP contribution is -2.37. The fourth-order valence-electron chi connectivity index (χ4n) is 3.69. The van der Waals surface area contributed by atoms with Crippen molar-refractivity contribution in [2.45, 2.75) is 26.7 Å². The van der Waals surface area contributed by atoms with Crippen molar-refractivity contribution in [2.24, 2.45) is 0 Å². The first kappa shape index (κ1) is 23.6. The minimum Gasteiger partial charge on any atom is -0.462 e. The molecule has 0 saturated carbocycles. The molecule has 1 aromatic heterocycles. The van der Waals surface area contributed by atoms with Gasteiger partial charge in [0.2, 0.25) is 5.91 Å². The maximum atomic E-state index is 14.4. The number of esters is 1. The Kier molecular flexibility index (Phi) is 7.12. The summed E-state index contributed by atoms with van der Waals surface area (Å²) in [5.74, 6) is -2.80. The number of rotatable bonds is 6. The van der Waals surface area contributed by atoms with Crippen LogP contribution in [-0.2, 0) is 16.0 Å². The van der Waals surface area contributed by atoms with Crippen LogP contribution in [0.5, 0.6) is 0 Å². The molecule has 0 spiro atoms. The number of nitrogens with zero attached hydrogens (tertiary/aromatic N) is 2. The third-order valence-corrected chi connectivity index (χ3v) is 6.31. The molecule has 0 saturated heterocycles. The van der Waals surface area contributed by atoms with Gasteiger partial charge in [0.05, 0.1) is 29.3 Å². The van der Waals surface area contributed by atoms with Gasteiger partial charge in [-0.2, -0.15) is 0 Å². The predicted octanol–water partition coefficient (Wildman–Crippen LogP) is 3.60. The number of hydrogen-bond acceptors (Lipinski definition) is 6. The molecule has 1 aromatic carbocycles. The molecule has 3 rings (SSSR count). The summed E-state index contributed by atoms with van der Waals surface area (Å²) in [4.78, 5) is 41.1. The van der Waals surface area contributed by atoms with Crippen molar-refractivity contribution in [2.75, 3.05) is 44.0 Å². The smallest absolute Gasteiger partial charge is 0.341 e. The molecule has 0 atom stereocenters. The normalized spacial score (nSPS) is 12.9. The number of carbonyl (C=O) groups is 3. The average molecular weight is 466 g/mol. The molecule has 10 heteroatoms. The van der Waals surface area contributed by atoms with Crippen LogP contribution in [0.4, 0.5) is 19.5 Å². The van der Waals surface area contributed by atoms with E-state index in [-0.39, 0.29) is 35.3 Å². The molecule has 2 aromatic rings. The number of hydrogen-bond donors (Lipinski definition) is 1. The topological polar surface area (TPSA) is 79.0 Å². The van der Waals surface area contributed by atoms with Crippen molar-refractivity contribution < 1.29 is 27.9 Å². The lowest BCUT2D eigenvalue weighted by atomic mass is 10.0. The number of halogens is 2. The molecular weight excluding hydrogens is 440 g/mol. The summed E-state index contributed by atoms with van der Waals surface area (Å²) in [6.07, 6.45) is 1.17. The third kappa shape index (κ3) is 4.74. The van der Waals surface area contributed by atoms with Crippen LogP contribution >= 0.6 is 11.3 Å². The van der Waals surface area contributed by atoms with Crippen molar-refractivity contribution >= 4 is 39.8 Å². The number of ether oxygens (including phenoxy) is 1. The SMILES string of the molecule is CCOC(=O)c1c(NC(=O)CN2CCCc3cc(F)cc(F)c32)sc(C(=O)N(C)C)c1C. The van der Waals surface area contributed by atoms with E-state index in [1.165, 1.54) is 11.0 Å². The molecule has 32 heavy (non-hydrogen) atoms. The zero-order chi connectivity index (χ0) is 23.6. The van der Waals surface area contributed by atoms with E-state index in [0.29, 0.717) is 35.4 Å². The van der Waals surface area contributed by atoms with Crippen molar-refractivity contribution in [3.05, 3.63) is 45.3 Å². The van der Waals surface area contributed by atoms with Crippen LogP contribution in [0, 0.1) is 18.6 Å². The molecule has 0 unspecified atom stereocenters. The summed E-state index contributed by atoms with van der Waals surface area (Å²) in [7, 11) is 3.18. The molecule has 1 N–H and O–H groups in total. The largest absolute Gasteiger partial charge is 0.462 e. The Morgan fingerprint density at radius 1 is 1.25 bits per heavy atom. The number of anilines is 2. The standard InChI is InChI=1S/C22H25F2N3O4S/c1-5-31-22(30)17-12(2)19(21(29)26(3)4)32-20(17)25-16(28)11-27-8-6-7-13-9-14(23)10-15(24)18(13)27/h9-10H,5-8,11H2,1-4H3,(H,25,28). The lowest BCUT2D eigenvalue weighted by molar-refractivity contribution is -0.115. The van der Waals surface area contributed by atoms with Gasteiger partial charge in [-0.15, -0.1) is 11.3 Å².